The average molecular weight is 211 g/mol. The van der Waals surface area contributed by atoms with Crippen LogP contribution < -0.4 is 0 Å². The molecule has 0 amide bonds. The fourth-order valence-electron chi connectivity index (χ4n) is 2.16. The normalized spacial score (nSPS) is 11.1. The van der Waals surface area contributed by atoms with Crippen molar-refractivity contribution in [2.75, 3.05) is 0 Å². The van der Waals surface area contributed by atoms with Gasteiger partial charge in [-0.2, -0.15) is 5.10 Å². The number of hydrogen-bond donors (Lipinski definition) is 0. The van der Waals surface area contributed by atoms with Gasteiger partial charge in [0.2, 0.25) is 0 Å². The molecule has 0 aliphatic heterocycles. The number of hydrogen-bond acceptors (Lipinski definition) is 1. The standard InChI is InChI=1S/C13H13N3/c1-15-11-6-4-3-5-10(11)9-13(15)12-7-8-14-16(12)2/h3-9H,1-2H3. The van der Waals surface area contributed by atoms with E-state index in [1.807, 2.05) is 24.0 Å². The summed E-state index contributed by atoms with van der Waals surface area (Å²) in [4.78, 5) is 0. The number of nitrogens with zero attached hydrogens (tertiary/aromatic N) is 3. The summed E-state index contributed by atoms with van der Waals surface area (Å²) < 4.78 is 4.10. The van der Waals surface area contributed by atoms with E-state index in [4.69, 9.17) is 0 Å². The Morgan fingerprint density at radius 1 is 1.00 bits per heavy atom. The van der Waals surface area contributed by atoms with Gasteiger partial charge in [0.15, 0.2) is 0 Å². The minimum atomic E-state index is 1.14. The summed E-state index contributed by atoms with van der Waals surface area (Å²) in [6.45, 7) is 0. The molecule has 1 aromatic carbocycles. The molecular weight excluding hydrogens is 198 g/mol. The number of fused-ring (bicyclic) bond motifs is 1. The number of aryl methyl sites for hydroxylation is 2. The third-order valence-corrected chi connectivity index (χ3v) is 3.04. The van der Waals surface area contributed by atoms with Gasteiger partial charge in [0.25, 0.3) is 0 Å². The van der Waals surface area contributed by atoms with Crippen LogP contribution in [0.2, 0.25) is 0 Å². The van der Waals surface area contributed by atoms with Gasteiger partial charge in [0, 0.05) is 31.2 Å². The van der Waals surface area contributed by atoms with E-state index < -0.39 is 0 Å². The molecule has 0 N–H and O–H groups in total. The summed E-state index contributed by atoms with van der Waals surface area (Å²) in [5.41, 5.74) is 3.58. The van der Waals surface area contributed by atoms with Gasteiger partial charge in [0.1, 0.15) is 0 Å². The largest absolute Gasteiger partial charge is 0.342 e. The van der Waals surface area contributed by atoms with Gasteiger partial charge in [0.05, 0.1) is 11.4 Å². The Morgan fingerprint density at radius 2 is 1.81 bits per heavy atom. The van der Waals surface area contributed by atoms with E-state index in [0.717, 1.165) is 5.69 Å². The van der Waals surface area contributed by atoms with Crippen molar-refractivity contribution in [3.05, 3.63) is 42.6 Å². The first-order valence-corrected chi connectivity index (χ1v) is 5.30. The number of para-hydroxylation sites is 1. The van der Waals surface area contributed by atoms with Crippen LogP contribution >= 0.6 is 0 Å². The summed E-state index contributed by atoms with van der Waals surface area (Å²) >= 11 is 0. The fourth-order valence-corrected chi connectivity index (χ4v) is 2.16. The average Bonchev–Trinajstić information content (AvgIpc) is 2.84. The number of aromatic nitrogens is 3. The molecule has 0 fully saturated rings. The van der Waals surface area contributed by atoms with Crippen LogP contribution in [0.4, 0.5) is 0 Å². The molecule has 3 aromatic rings. The lowest BCUT2D eigenvalue weighted by atomic mass is 10.2. The first-order valence-electron chi connectivity index (χ1n) is 5.30. The highest BCUT2D eigenvalue weighted by Gasteiger charge is 2.09. The van der Waals surface area contributed by atoms with Crippen LogP contribution in [0.25, 0.3) is 22.3 Å². The van der Waals surface area contributed by atoms with E-state index in [2.05, 4.69) is 47.0 Å². The second kappa shape index (κ2) is 3.23. The lowest BCUT2D eigenvalue weighted by Crippen LogP contribution is -1.97. The van der Waals surface area contributed by atoms with Gasteiger partial charge in [-0.1, -0.05) is 18.2 Å². The van der Waals surface area contributed by atoms with Gasteiger partial charge in [-0.15, -0.1) is 0 Å². The lowest BCUT2D eigenvalue weighted by Gasteiger charge is -2.04. The molecule has 80 valence electrons. The van der Waals surface area contributed by atoms with E-state index in [1.165, 1.54) is 16.6 Å². The molecule has 0 aliphatic carbocycles. The van der Waals surface area contributed by atoms with Gasteiger partial charge in [-0.3, -0.25) is 4.68 Å². The first-order chi connectivity index (χ1) is 7.77. The molecule has 3 rings (SSSR count). The van der Waals surface area contributed by atoms with Crippen LogP contribution in [-0.2, 0) is 14.1 Å². The van der Waals surface area contributed by atoms with Crippen molar-refractivity contribution in [2.24, 2.45) is 14.1 Å². The van der Waals surface area contributed by atoms with Crippen molar-refractivity contribution in [1.82, 2.24) is 14.3 Å². The Morgan fingerprint density at radius 3 is 2.50 bits per heavy atom. The van der Waals surface area contributed by atoms with Crippen LogP contribution in [0.15, 0.2) is 42.6 Å². The monoisotopic (exact) mass is 211 g/mol. The summed E-state index contributed by atoms with van der Waals surface area (Å²) in [7, 11) is 4.05. The van der Waals surface area contributed by atoms with E-state index in [-0.39, 0.29) is 0 Å². The predicted octanol–water partition coefficient (Wildman–Crippen LogP) is 2.58. The maximum Gasteiger partial charge on any atom is 0.0843 e. The van der Waals surface area contributed by atoms with Crippen LogP contribution in [0.1, 0.15) is 0 Å². The quantitative estimate of drug-likeness (QED) is 0.606. The van der Waals surface area contributed by atoms with Crippen LogP contribution in [0, 0.1) is 0 Å². The molecule has 0 bridgehead atoms. The van der Waals surface area contributed by atoms with E-state index in [1.54, 1.807) is 0 Å². The van der Waals surface area contributed by atoms with Crippen molar-refractivity contribution in [2.45, 2.75) is 0 Å². The number of benzene rings is 1. The van der Waals surface area contributed by atoms with E-state index in [0.29, 0.717) is 0 Å². The maximum absolute atomic E-state index is 4.21. The van der Waals surface area contributed by atoms with Crippen molar-refractivity contribution >= 4 is 10.9 Å². The zero-order chi connectivity index (χ0) is 11.1. The van der Waals surface area contributed by atoms with Crippen molar-refractivity contribution in [3.8, 4) is 11.4 Å². The molecule has 3 heteroatoms. The Balaban J connectivity index is 2.33. The zero-order valence-electron chi connectivity index (χ0n) is 9.38. The molecule has 2 heterocycles. The van der Waals surface area contributed by atoms with Crippen molar-refractivity contribution in [3.63, 3.8) is 0 Å². The molecular formula is C13H13N3. The number of rotatable bonds is 1. The summed E-state index contributed by atoms with van der Waals surface area (Å²) in [5.74, 6) is 0. The minimum Gasteiger partial charge on any atom is -0.342 e. The lowest BCUT2D eigenvalue weighted by molar-refractivity contribution is 0.768. The first kappa shape index (κ1) is 9.21. The van der Waals surface area contributed by atoms with Crippen LogP contribution in [0.5, 0.6) is 0 Å². The molecule has 0 aliphatic rings. The van der Waals surface area contributed by atoms with Gasteiger partial charge < -0.3 is 4.57 Å². The third kappa shape index (κ3) is 1.18. The topological polar surface area (TPSA) is 22.8 Å². The Kier molecular flexibility index (Phi) is 1.86. The molecule has 0 atom stereocenters. The smallest absolute Gasteiger partial charge is 0.0843 e. The molecule has 0 saturated carbocycles. The second-order valence-electron chi connectivity index (χ2n) is 3.99. The van der Waals surface area contributed by atoms with Crippen LogP contribution in [-0.4, -0.2) is 14.3 Å². The Hall–Kier alpha value is -2.03. The molecule has 2 aromatic heterocycles. The predicted molar refractivity (Wildman–Crippen MR) is 65.1 cm³/mol. The third-order valence-electron chi connectivity index (χ3n) is 3.04. The highest BCUT2D eigenvalue weighted by atomic mass is 15.3. The molecule has 0 saturated heterocycles. The molecule has 0 radical (unpaired) electrons. The highest BCUT2D eigenvalue weighted by Crippen LogP contribution is 2.26. The van der Waals surface area contributed by atoms with Crippen LogP contribution in [0.3, 0.4) is 0 Å². The van der Waals surface area contributed by atoms with Gasteiger partial charge in [-0.25, -0.2) is 0 Å². The highest BCUT2D eigenvalue weighted by molar-refractivity contribution is 5.86. The summed E-state index contributed by atoms with van der Waals surface area (Å²) in [6, 6.07) is 12.6. The van der Waals surface area contributed by atoms with Crippen molar-refractivity contribution in [1.29, 1.82) is 0 Å². The fraction of sp³-hybridized carbons (Fsp3) is 0.154. The van der Waals surface area contributed by atoms with Crippen molar-refractivity contribution < 1.29 is 0 Å². The Bertz CT molecular complexity index is 646. The minimum absolute atomic E-state index is 1.14. The van der Waals surface area contributed by atoms with Gasteiger partial charge >= 0.3 is 0 Å². The summed E-state index contributed by atoms with van der Waals surface area (Å²) in [6.07, 6.45) is 1.83. The maximum atomic E-state index is 4.21. The zero-order valence-corrected chi connectivity index (χ0v) is 9.38. The summed E-state index contributed by atoms with van der Waals surface area (Å²) in [5, 5.41) is 5.47. The van der Waals surface area contributed by atoms with Gasteiger partial charge in [-0.05, 0) is 18.2 Å². The Labute approximate surface area is 93.9 Å². The molecule has 3 nitrogen and oxygen atoms in total. The molecule has 0 unspecified atom stereocenters. The molecule has 16 heavy (non-hydrogen) atoms. The second-order valence-corrected chi connectivity index (χ2v) is 3.99. The van der Waals surface area contributed by atoms with E-state index in [9.17, 15) is 0 Å². The molecule has 0 spiro atoms. The van der Waals surface area contributed by atoms with E-state index >= 15 is 0 Å². The SMILES string of the molecule is Cn1nccc1-c1cc2ccccc2n1C.